The summed E-state index contributed by atoms with van der Waals surface area (Å²) in [6, 6.07) is 3.21. The minimum absolute atomic E-state index is 0.168. The van der Waals surface area contributed by atoms with E-state index in [2.05, 4.69) is 32.5 Å². The SMILES string of the molecule is COC(=O)c1ccc(C#CCCOCCCCCCBr)o1. The lowest BCUT2D eigenvalue weighted by atomic mass is 10.2. The first kappa shape index (κ1) is 17.8. The minimum Gasteiger partial charge on any atom is -0.463 e. The summed E-state index contributed by atoms with van der Waals surface area (Å²) in [6.07, 6.45) is 5.42. The van der Waals surface area contributed by atoms with Crippen LogP contribution in [-0.2, 0) is 9.47 Å². The zero-order valence-electron chi connectivity index (χ0n) is 12.3. The molecule has 1 heterocycles. The van der Waals surface area contributed by atoms with Crippen molar-refractivity contribution in [3.8, 4) is 11.8 Å². The van der Waals surface area contributed by atoms with Crippen LogP contribution in [0.4, 0.5) is 0 Å². The molecule has 0 aromatic carbocycles. The zero-order valence-corrected chi connectivity index (χ0v) is 13.9. The molecule has 0 spiro atoms. The van der Waals surface area contributed by atoms with Gasteiger partial charge in [-0.1, -0.05) is 34.7 Å². The van der Waals surface area contributed by atoms with Crippen LogP contribution >= 0.6 is 15.9 Å². The van der Waals surface area contributed by atoms with Gasteiger partial charge in [0.25, 0.3) is 0 Å². The third-order valence-corrected chi connectivity index (χ3v) is 3.31. The van der Waals surface area contributed by atoms with Gasteiger partial charge < -0.3 is 13.9 Å². The maximum atomic E-state index is 11.2. The highest BCUT2D eigenvalue weighted by atomic mass is 79.9. The van der Waals surface area contributed by atoms with Crippen molar-refractivity contribution in [3.63, 3.8) is 0 Å². The van der Waals surface area contributed by atoms with Crippen molar-refractivity contribution >= 4 is 21.9 Å². The van der Waals surface area contributed by atoms with Gasteiger partial charge in [0.2, 0.25) is 5.76 Å². The van der Waals surface area contributed by atoms with Crippen LogP contribution in [0.3, 0.4) is 0 Å². The summed E-state index contributed by atoms with van der Waals surface area (Å²) in [5.74, 6) is 5.95. The average Bonchev–Trinajstić information content (AvgIpc) is 2.97. The van der Waals surface area contributed by atoms with Crippen molar-refractivity contribution in [2.45, 2.75) is 32.1 Å². The molecule has 1 aromatic heterocycles. The van der Waals surface area contributed by atoms with Crippen molar-refractivity contribution in [2.24, 2.45) is 0 Å². The van der Waals surface area contributed by atoms with E-state index < -0.39 is 5.97 Å². The number of furan rings is 1. The number of alkyl halides is 1. The largest absolute Gasteiger partial charge is 0.463 e. The van der Waals surface area contributed by atoms with E-state index in [4.69, 9.17) is 9.15 Å². The molecule has 0 N–H and O–H groups in total. The monoisotopic (exact) mass is 356 g/mol. The highest BCUT2D eigenvalue weighted by molar-refractivity contribution is 9.09. The number of halogens is 1. The Hall–Kier alpha value is -1.25. The molecule has 0 fully saturated rings. The Morgan fingerprint density at radius 1 is 1.24 bits per heavy atom. The number of hydrogen-bond acceptors (Lipinski definition) is 4. The molecule has 21 heavy (non-hydrogen) atoms. The molecule has 0 saturated heterocycles. The maximum Gasteiger partial charge on any atom is 0.374 e. The summed E-state index contributed by atoms with van der Waals surface area (Å²) >= 11 is 3.41. The number of methoxy groups -OCH3 is 1. The second-order valence-corrected chi connectivity index (χ2v) is 5.22. The first-order valence-electron chi connectivity index (χ1n) is 7.08. The van der Waals surface area contributed by atoms with Crippen LogP contribution in [0.2, 0.25) is 0 Å². The van der Waals surface area contributed by atoms with Gasteiger partial charge in [-0.2, -0.15) is 0 Å². The number of ether oxygens (including phenoxy) is 2. The Balaban J connectivity index is 2.10. The molecule has 1 aromatic rings. The van der Waals surface area contributed by atoms with Crippen LogP contribution in [0.5, 0.6) is 0 Å². The summed E-state index contributed by atoms with van der Waals surface area (Å²) in [7, 11) is 1.31. The Labute approximate surface area is 134 Å². The predicted molar refractivity (Wildman–Crippen MR) is 84.6 cm³/mol. The topological polar surface area (TPSA) is 48.7 Å². The number of hydrogen-bond donors (Lipinski definition) is 0. The third kappa shape index (κ3) is 7.93. The van der Waals surface area contributed by atoms with E-state index in [1.165, 1.54) is 26.4 Å². The molecule has 1 rings (SSSR count). The second kappa shape index (κ2) is 11.4. The van der Waals surface area contributed by atoms with E-state index in [9.17, 15) is 4.79 Å². The van der Waals surface area contributed by atoms with Gasteiger partial charge in [-0.25, -0.2) is 4.79 Å². The van der Waals surface area contributed by atoms with Gasteiger partial charge in [0, 0.05) is 18.4 Å². The summed E-state index contributed by atoms with van der Waals surface area (Å²) in [5, 5.41) is 1.08. The Bertz CT molecular complexity index is 470. The molecule has 0 aliphatic carbocycles. The Kier molecular flexibility index (Phi) is 9.68. The fourth-order valence-electron chi connectivity index (χ4n) is 1.64. The van der Waals surface area contributed by atoms with E-state index >= 15 is 0 Å². The van der Waals surface area contributed by atoms with Gasteiger partial charge in [0.1, 0.15) is 0 Å². The van der Waals surface area contributed by atoms with Crippen LogP contribution in [0, 0.1) is 11.8 Å². The van der Waals surface area contributed by atoms with Crippen molar-refractivity contribution in [3.05, 3.63) is 23.7 Å². The average molecular weight is 357 g/mol. The lowest BCUT2D eigenvalue weighted by Gasteiger charge is -2.01. The van der Waals surface area contributed by atoms with Gasteiger partial charge in [0.05, 0.1) is 13.7 Å². The molecule has 4 nitrogen and oxygen atoms in total. The number of esters is 1. The van der Waals surface area contributed by atoms with Crippen LogP contribution in [0.25, 0.3) is 0 Å². The number of carbonyl (C=O) groups excluding carboxylic acids is 1. The fourth-order valence-corrected chi connectivity index (χ4v) is 2.04. The fraction of sp³-hybridized carbons (Fsp3) is 0.562. The summed E-state index contributed by atoms with van der Waals surface area (Å²) in [5.41, 5.74) is 0. The van der Waals surface area contributed by atoms with Crippen LogP contribution in [0.15, 0.2) is 16.5 Å². The molecule has 0 aliphatic heterocycles. The highest BCUT2D eigenvalue weighted by Crippen LogP contribution is 2.07. The van der Waals surface area contributed by atoms with E-state index in [0.717, 1.165) is 18.4 Å². The minimum atomic E-state index is -0.494. The molecular weight excluding hydrogens is 336 g/mol. The molecule has 0 atom stereocenters. The maximum absolute atomic E-state index is 11.2. The molecule has 0 aliphatic rings. The first-order valence-corrected chi connectivity index (χ1v) is 8.21. The van der Waals surface area contributed by atoms with E-state index in [0.29, 0.717) is 18.8 Å². The van der Waals surface area contributed by atoms with Crippen molar-refractivity contribution in [2.75, 3.05) is 25.7 Å². The molecule has 0 saturated carbocycles. The molecule has 5 heteroatoms. The van der Waals surface area contributed by atoms with Crippen LogP contribution in [-0.4, -0.2) is 31.6 Å². The lowest BCUT2D eigenvalue weighted by molar-refractivity contribution is 0.0564. The van der Waals surface area contributed by atoms with E-state index in [-0.39, 0.29) is 5.76 Å². The summed E-state index contributed by atoms with van der Waals surface area (Å²) in [6.45, 7) is 1.41. The van der Waals surface area contributed by atoms with Gasteiger partial charge >= 0.3 is 5.97 Å². The van der Waals surface area contributed by atoms with Crippen molar-refractivity contribution in [1.29, 1.82) is 0 Å². The van der Waals surface area contributed by atoms with Gasteiger partial charge in [-0.15, -0.1) is 0 Å². The second-order valence-electron chi connectivity index (χ2n) is 4.42. The predicted octanol–water partition coefficient (Wildman–Crippen LogP) is 3.78. The first-order chi connectivity index (χ1) is 10.3. The molecule has 0 bridgehead atoms. The Morgan fingerprint density at radius 2 is 2.05 bits per heavy atom. The standard InChI is InChI=1S/C16H21BrO4/c1-19-16(18)15-10-9-14(21-15)8-4-7-13-20-12-6-3-2-5-11-17/h9-10H,2-3,5-7,11-13H2,1H3. The van der Waals surface area contributed by atoms with E-state index in [1.54, 1.807) is 12.1 Å². The zero-order chi connectivity index (χ0) is 15.3. The smallest absolute Gasteiger partial charge is 0.374 e. The summed E-state index contributed by atoms with van der Waals surface area (Å²) in [4.78, 5) is 11.2. The van der Waals surface area contributed by atoms with Gasteiger partial charge in [0.15, 0.2) is 5.76 Å². The lowest BCUT2D eigenvalue weighted by Crippen LogP contribution is -1.98. The molecule has 0 amide bonds. The van der Waals surface area contributed by atoms with Crippen LogP contribution < -0.4 is 0 Å². The molecule has 116 valence electrons. The molecular formula is C16H21BrO4. The van der Waals surface area contributed by atoms with Gasteiger partial charge in [-0.3, -0.25) is 0 Å². The molecule has 0 unspecified atom stereocenters. The third-order valence-electron chi connectivity index (χ3n) is 2.75. The van der Waals surface area contributed by atoms with Crippen molar-refractivity contribution < 1.29 is 18.7 Å². The quantitative estimate of drug-likeness (QED) is 0.292. The normalized spacial score (nSPS) is 10.0. The van der Waals surface area contributed by atoms with Crippen LogP contribution in [0.1, 0.15) is 48.4 Å². The molecule has 0 radical (unpaired) electrons. The number of rotatable bonds is 9. The number of unbranched alkanes of at least 4 members (excludes halogenated alkanes) is 3. The number of carbonyl (C=O) groups is 1. The van der Waals surface area contributed by atoms with E-state index in [1.807, 2.05) is 0 Å². The Morgan fingerprint density at radius 3 is 2.81 bits per heavy atom. The van der Waals surface area contributed by atoms with Gasteiger partial charge in [-0.05, 0) is 30.9 Å². The summed E-state index contributed by atoms with van der Waals surface area (Å²) < 4.78 is 15.3. The van der Waals surface area contributed by atoms with Crippen molar-refractivity contribution in [1.82, 2.24) is 0 Å². The highest BCUT2D eigenvalue weighted by Gasteiger charge is 2.09.